The van der Waals surface area contributed by atoms with E-state index >= 15 is 0 Å². The van der Waals surface area contributed by atoms with Crippen molar-refractivity contribution >= 4 is 21.7 Å². The molecular formula is C13H18N2O4S. The van der Waals surface area contributed by atoms with Crippen LogP contribution in [0.1, 0.15) is 25.3 Å². The van der Waals surface area contributed by atoms with Crippen LogP contribution in [0.2, 0.25) is 0 Å². The third-order valence-electron chi connectivity index (χ3n) is 3.28. The van der Waals surface area contributed by atoms with Gasteiger partial charge in [0, 0.05) is 25.9 Å². The zero-order valence-electron chi connectivity index (χ0n) is 11.3. The van der Waals surface area contributed by atoms with Crippen molar-refractivity contribution in [3.05, 3.63) is 23.8 Å². The number of aryl methyl sites for hydroxylation is 1. The van der Waals surface area contributed by atoms with Crippen molar-refractivity contribution in [2.45, 2.75) is 26.2 Å². The molecule has 2 N–H and O–H groups in total. The maximum atomic E-state index is 11.7. The van der Waals surface area contributed by atoms with Gasteiger partial charge in [0.25, 0.3) is 0 Å². The number of hydrogen-bond donors (Lipinski definition) is 2. The summed E-state index contributed by atoms with van der Waals surface area (Å²) in [6, 6.07) is 4.84. The number of aromatic hydroxyl groups is 1. The number of anilines is 1. The normalized spacial score (nSPS) is 17.4. The zero-order chi connectivity index (χ0) is 14.8. The van der Waals surface area contributed by atoms with Crippen LogP contribution in [0.5, 0.6) is 5.75 Å². The fraction of sp³-hybridized carbons (Fsp3) is 0.462. The summed E-state index contributed by atoms with van der Waals surface area (Å²) in [6.45, 7) is 2.44. The average molecular weight is 298 g/mol. The van der Waals surface area contributed by atoms with Crippen LogP contribution in [0.3, 0.4) is 0 Å². The van der Waals surface area contributed by atoms with Crippen LogP contribution >= 0.6 is 0 Å². The lowest BCUT2D eigenvalue weighted by atomic mass is 10.1. The number of phenolic OH excluding ortho intramolecular Hbond substituents is 1. The van der Waals surface area contributed by atoms with Gasteiger partial charge < -0.3 is 5.11 Å². The van der Waals surface area contributed by atoms with Gasteiger partial charge in [0.2, 0.25) is 0 Å². The Morgan fingerprint density at radius 2 is 2.20 bits per heavy atom. The Hall–Kier alpha value is -1.60. The highest BCUT2D eigenvalue weighted by Crippen LogP contribution is 2.31. The van der Waals surface area contributed by atoms with Gasteiger partial charge in [-0.3, -0.25) is 9.10 Å². The van der Waals surface area contributed by atoms with Gasteiger partial charge in [-0.15, -0.1) is 0 Å². The second-order valence-electron chi connectivity index (χ2n) is 4.69. The lowest BCUT2D eigenvalue weighted by molar-refractivity contribution is -0.118. The van der Waals surface area contributed by atoms with E-state index in [2.05, 4.69) is 4.72 Å². The Balaban J connectivity index is 2.16. The molecule has 0 spiro atoms. The highest BCUT2D eigenvalue weighted by Gasteiger charge is 2.29. The van der Waals surface area contributed by atoms with Crippen molar-refractivity contribution in [2.24, 2.45) is 0 Å². The smallest absolute Gasteiger partial charge is 0.301 e. The van der Waals surface area contributed by atoms with Gasteiger partial charge in [-0.1, -0.05) is 13.0 Å². The van der Waals surface area contributed by atoms with Crippen LogP contribution in [0.15, 0.2) is 18.2 Å². The third kappa shape index (κ3) is 3.10. The molecule has 0 bridgehead atoms. The number of phenols is 1. The van der Waals surface area contributed by atoms with E-state index in [1.807, 2.05) is 6.92 Å². The fourth-order valence-electron chi connectivity index (χ4n) is 2.12. The molecule has 0 unspecified atom stereocenters. The molecule has 0 saturated carbocycles. The third-order valence-corrected chi connectivity index (χ3v) is 4.81. The summed E-state index contributed by atoms with van der Waals surface area (Å²) in [5, 5.41) is 9.99. The SMILES string of the molecule is CCC(=O)CCc1ccc(N2CCNS2(=O)=O)c(O)c1. The summed E-state index contributed by atoms with van der Waals surface area (Å²) in [4.78, 5) is 11.3. The molecule has 0 amide bonds. The molecular weight excluding hydrogens is 280 g/mol. The number of nitrogens with zero attached hydrogens (tertiary/aromatic N) is 1. The minimum atomic E-state index is -3.54. The number of benzene rings is 1. The van der Waals surface area contributed by atoms with Gasteiger partial charge in [-0.05, 0) is 24.1 Å². The van der Waals surface area contributed by atoms with E-state index in [1.165, 1.54) is 6.07 Å². The Bertz CT molecular complexity index is 613. The standard InChI is InChI=1S/C13H18N2O4S/c1-2-11(16)5-3-10-4-6-12(13(17)9-10)15-8-7-14-20(15,18)19/h4,6,9,14,17H,2-3,5,7-8H2,1H3. The molecule has 0 atom stereocenters. The number of carbonyl (C=O) groups excluding carboxylic acids is 1. The summed E-state index contributed by atoms with van der Waals surface area (Å²) in [7, 11) is -3.54. The molecule has 6 nitrogen and oxygen atoms in total. The lowest BCUT2D eigenvalue weighted by Gasteiger charge is -2.17. The Kier molecular flexibility index (Phi) is 4.29. The predicted octanol–water partition coefficient (Wildman–Crippen LogP) is 0.958. The van der Waals surface area contributed by atoms with Crippen molar-refractivity contribution in [1.29, 1.82) is 0 Å². The summed E-state index contributed by atoms with van der Waals surface area (Å²) >= 11 is 0. The molecule has 1 fully saturated rings. The van der Waals surface area contributed by atoms with Crippen molar-refractivity contribution in [1.82, 2.24) is 4.72 Å². The molecule has 0 radical (unpaired) electrons. The fourth-order valence-corrected chi connectivity index (χ4v) is 3.37. The predicted molar refractivity (Wildman–Crippen MR) is 76.0 cm³/mol. The molecule has 2 rings (SSSR count). The van der Waals surface area contributed by atoms with Gasteiger partial charge in [0.1, 0.15) is 11.5 Å². The summed E-state index contributed by atoms with van der Waals surface area (Å²) in [5.41, 5.74) is 1.08. The topological polar surface area (TPSA) is 86.7 Å². The molecule has 1 aromatic rings. The van der Waals surface area contributed by atoms with Crippen LogP contribution in [0, 0.1) is 0 Å². The molecule has 7 heteroatoms. The van der Waals surface area contributed by atoms with E-state index in [9.17, 15) is 18.3 Å². The first kappa shape index (κ1) is 14.8. The molecule has 1 aliphatic rings. The molecule has 110 valence electrons. The van der Waals surface area contributed by atoms with Crippen LogP contribution in [0.4, 0.5) is 5.69 Å². The van der Waals surface area contributed by atoms with Crippen molar-refractivity contribution in [3.8, 4) is 5.75 Å². The quantitative estimate of drug-likeness (QED) is 0.847. The summed E-state index contributed by atoms with van der Waals surface area (Å²) < 4.78 is 26.9. The van der Waals surface area contributed by atoms with E-state index in [1.54, 1.807) is 12.1 Å². The molecule has 1 saturated heterocycles. The van der Waals surface area contributed by atoms with Gasteiger partial charge >= 0.3 is 10.2 Å². The van der Waals surface area contributed by atoms with Crippen molar-refractivity contribution in [2.75, 3.05) is 17.4 Å². The molecule has 0 aromatic heterocycles. The highest BCUT2D eigenvalue weighted by atomic mass is 32.2. The number of Topliss-reactive ketones (excluding diaryl/α,β-unsaturated/α-hetero) is 1. The number of rotatable bonds is 5. The highest BCUT2D eigenvalue weighted by molar-refractivity contribution is 7.91. The van der Waals surface area contributed by atoms with E-state index < -0.39 is 10.2 Å². The molecule has 20 heavy (non-hydrogen) atoms. The number of hydrogen-bond acceptors (Lipinski definition) is 4. The Labute approximate surface area is 118 Å². The molecule has 1 heterocycles. The van der Waals surface area contributed by atoms with Crippen LogP contribution in [-0.4, -0.2) is 32.4 Å². The first-order chi connectivity index (χ1) is 9.44. The molecule has 1 aliphatic heterocycles. The first-order valence-electron chi connectivity index (χ1n) is 6.55. The van der Waals surface area contributed by atoms with Gasteiger partial charge in [-0.25, -0.2) is 0 Å². The van der Waals surface area contributed by atoms with Crippen LogP contribution < -0.4 is 9.03 Å². The largest absolute Gasteiger partial charge is 0.506 e. The van der Waals surface area contributed by atoms with Crippen LogP contribution in [-0.2, 0) is 21.4 Å². The Morgan fingerprint density at radius 3 is 2.75 bits per heavy atom. The maximum Gasteiger partial charge on any atom is 0.301 e. The average Bonchev–Trinajstić information content (AvgIpc) is 2.75. The molecule has 1 aromatic carbocycles. The van der Waals surface area contributed by atoms with Crippen molar-refractivity contribution in [3.63, 3.8) is 0 Å². The molecule has 0 aliphatic carbocycles. The minimum absolute atomic E-state index is 0.0845. The zero-order valence-corrected chi connectivity index (χ0v) is 12.1. The monoisotopic (exact) mass is 298 g/mol. The number of ketones is 1. The second-order valence-corrected chi connectivity index (χ2v) is 6.37. The maximum absolute atomic E-state index is 11.7. The summed E-state index contributed by atoms with van der Waals surface area (Å²) in [6.07, 6.45) is 1.48. The van der Waals surface area contributed by atoms with Gasteiger partial charge in [0.15, 0.2) is 0 Å². The van der Waals surface area contributed by atoms with Gasteiger partial charge in [-0.2, -0.15) is 13.1 Å². The number of carbonyl (C=O) groups is 1. The number of nitrogens with one attached hydrogen (secondary N) is 1. The van der Waals surface area contributed by atoms with E-state index in [0.29, 0.717) is 32.4 Å². The summed E-state index contributed by atoms with van der Waals surface area (Å²) in [5.74, 6) is 0.0820. The van der Waals surface area contributed by atoms with Gasteiger partial charge in [0.05, 0.1) is 5.69 Å². The van der Waals surface area contributed by atoms with E-state index in [4.69, 9.17) is 0 Å². The van der Waals surface area contributed by atoms with E-state index in [-0.39, 0.29) is 17.2 Å². The van der Waals surface area contributed by atoms with E-state index in [0.717, 1.165) is 9.87 Å². The lowest BCUT2D eigenvalue weighted by Crippen LogP contribution is -2.29. The second kappa shape index (κ2) is 5.80. The minimum Gasteiger partial charge on any atom is -0.506 e. The van der Waals surface area contributed by atoms with Crippen LogP contribution in [0.25, 0.3) is 0 Å². The first-order valence-corrected chi connectivity index (χ1v) is 7.99. The van der Waals surface area contributed by atoms with Crippen molar-refractivity contribution < 1.29 is 18.3 Å². The Morgan fingerprint density at radius 1 is 1.45 bits per heavy atom.